The summed E-state index contributed by atoms with van der Waals surface area (Å²) in [6.45, 7) is 1.88. The van der Waals surface area contributed by atoms with E-state index in [9.17, 15) is 17.6 Å². The Morgan fingerprint density at radius 2 is 1.71 bits per heavy atom. The number of nitrogens with one attached hydrogen (secondary N) is 1. The van der Waals surface area contributed by atoms with E-state index in [0.29, 0.717) is 26.2 Å². The summed E-state index contributed by atoms with van der Waals surface area (Å²) in [5.41, 5.74) is -0.177. The van der Waals surface area contributed by atoms with Gasteiger partial charge in [0.15, 0.2) is 0 Å². The molecule has 1 aliphatic rings. The highest BCUT2D eigenvalue weighted by Crippen LogP contribution is 2.39. The molecule has 0 aliphatic carbocycles. The highest BCUT2D eigenvalue weighted by atomic mass is 35.5. The number of hydrogen-bond acceptors (Lipinski definition) is 2. The normalized spacial score (nSPS) is 18.8. The molecule has 8 heteroatoms. The molecule has 0 unspecified atom stereocenters. The molecule has 1 atom stereocenters. The van der Waals surface area contributed by atoms with E-state index < -0.39 is 24.5 Å². The Morgan fingerprint density at radius 3 is 2.29 bits per heavy atom. The van der Waals surface area contributed by atoms with Crippen LogP contribution in [0.2, 0.25) is 10.0 Å². The van der Waals surface area contributed by atoms with E-state index in [1.54, 1.807) is 4.90 Å². The van der Waals surface area contributed by atoms with E-state index in [4.69, 9.17) is 23.2 Å². The van der Waals surface area contributed by atoms with Gasteiger partial charge in [-0.3, -0.25) is 4.90 Å². The number of rotatable bonds is 3. The van der Waals surface area contributed by atoms with Crippen LogP contribution in [0.5, 0.6) is 0 Å². The lowest BCUT2D eigenvalue weighted by atomic mass is 10.00. The lowest BCUT2D eigenvalue weighted by Crippen LogP contribution is -2.46. The molecule has 21 heavy (non-hydrogen) atoms. The molecule has 1 aromatic carbocycles. The van der Waals surface area contributed by atoms with Crippen molar-refractivity contribution in [1.29, 1.82) is 0 Å². The molecule has 0 spiro atoms. The number of alkyl halides is 3. The molecule has 0 bridgehead atoms. The minimum Gasteiger partial charge on any atom is -0.314 e. The van der Waals surface area contributed by atoms with Crippen molar-refractivity contribution in [3.8, 4) is 0 Å². The fourth-order valence-electron chi connectivity index (χ4n) is 2.47. The molecule has 0 radical (unpaired) electrons. The molecule has 1 fully saturated rings. The highest BCUT2D eigenvalue weighted by molar-refractivity contribution is 6.33. The van der Waals surface area contributed by atoms with Gasteiger partial charge in [-0.05, 0) is 12.1 Å². The van der Waals surface area contributed by atoms with Gasteiger partial charge in [-0.15, -0.1) is 0 Å². The van der Waals surface area contributed by atoms with Gasteiger partial charge in [0, 0.05) is 42.8 Å². The smallest absolute Gasteiger partial charge is 0.314 e. The summed E-state index contributed by atoms with van der Waals surface area (Å²) in [4.78, 5) is 1.59. The fraction of sp³-hybridized carbons (Fsp3) is 0.538. The fourth-order valence-corrected chi connectivity index (χ4v) is 2.91. The number of halogens is 6. The molecule has 0 aromatic heterocycles. The lowest BCUT2D eigenvalue weighted by molar-refractivity contribution is -0.149. The SMILES string of the molecule is Fc1c(Cl)ccc(Cl)c1[C@H](CC(F)(F)F)N1CCNCC1. The van der Waals surface area contributed by atoms with E-state index in [2.05, 4.69) is 5.32 Å². The number of benzene rings is 1. The van der Waals surface area contributed by atoms with Gasteiger partial charge >= 0.3 is 6.18 Å². The van der Waals surface area contributed by atoms with Crippen molar-refractivity contribution in [3.05, 3.63) is 33.6 Å². The Kier molecular flexibility index (Phi) is 5.35. The zero-order valence-electron chi connectivity index (χ0n) is 11.0. The lowest BCUT2D eigenvalue weighted by Gasteiger charge is -2.36. The molecule has 1 heterocycles. The molecule has 0 saturated carbocycles. The molecule has 1 aliphatic heterocycles. The second-order valence-corrected chi connectivity index (χ2v) is 5.69. The van der Waals surface area contributed by atoms with Crippen LogP contribution in [0, 0.1) is 5.82 Å². The summed E-state index contributed by atoms with van der Waals surface area (Å²) < 4.78 is 52.8. The third-order valence-corrected chi connectivity index (χ3v) is 4.05. The average molecular weight is 345 g/mol. The van der Waals surface area contributed by atoms with Crippen molar-refractivity contribution in [2.75, 3.05) is 26.2 Å². The van der Waals surface area contributed by atoms with Gasteiger partial charge < -0.3 is 5.32 Å². The number of piperazine rings is 1. The predicted octanol–water partition coefficient (Wildman–Crippen LogP) is 4.03. The maximum Gasteiger partial charge on any atom is 0.390 e. The summed E-state index contributed by atoms with van der Waals surface area (Å²) in [5, 5.41) is 2.79. The summed E-state index contributed by atoms with van der Waals surface area (Å²) in [7, 11) is 0. The van der Waals surface area contributed by atoms with Gasteiger partial charge in [0.25, 0.3) is 0 Å². The monoisotopic (exact) mass is 344 g/mol. The van der Waals surface area contributed by atoms with E-state index >= 15 is 0 Å². The standard InChI is InChI=1S/C13H14Cl2F4N2/c14-8-1-2-9(15)12(16)11(8)10(7-13(17,18)19)21-5-3-20-4-6-21/h1-2,10,20H,3-7H2/t10-/m0/s1. The molecule has 2 rings (SSSR count). The van der Waals surface area contributed by atoms with Crippen LogP contribution in [0.3, 0.4) is 0 Å². The predicted molar refractivity (Wildman–Crippen MR) is 74.3 cm³/mol. The molecule has 118 valence electrons. The first-order chi connectivity index (χ1) is 9.79. The van der Waals surface area contributed by atoms with Crippen LogP contribution in [0.1, 0.15) is 18.0 Å². The van der Waals surface area contributed by atoms with Crippen LogP contribution >= 0.6 is 23.2 Å². The molecule has 1 aromatic rings. The van der Waals surface area contributed by atoms with Crippen molar-refractivity contribution >= 4 is 23.2 Å². The average Bonchev–Trinajstić information content (AvgIpc) is 2.42. The topological polar surface area (TPSA) is 15.3 Å². The zero-order valence-corrected chi connectivity index (χ0v) is 12.5. The van der Waals surface area contributed by atoms with Crippen molar-refractivity contribution in [2.45, 2.75) is 18.6 Å². The van der Waals surface area contributed by atoms with Crippen LogP contribution in [0.4, 0.5) is 17.6 Å². The van der Waals surface area contributed by atoms with Gasteiger partial charge in [-0.2, -0.15) is 13.2 Å². The summed E-state index contributed by atoms with van der Waals surface area (Å²) in [5.74, 6) is -0.878. The first-order valence-corrected chi connectivity index (χ1v) is 7.20. The van der Waals surface area contributed by atoms with E-state index in [1.165, 1.54) is 12.1 Å². The van der Waals surface area contributed by atoms with Crippen LogP contribution in [-0.4, -0.2) is 37.3 Å². The van der Waals surface area contributed by atoms with Crippen LogP contribution in [0.15, 0.2) is 12.1 Å². The quantitative estimate of drug-likeness (QED) is 0.657. The largest absolute Gasteiger partial charge is 0.390 e. The van der Waals surface area contributed by atoms with Crippen molar-refractivity contribution in [1.82, 2.24) is 10.2 Å². The molecule has 1 N–H and O–H groups in total. The third-order valence-electron chi connectivity index (χ3n) is 3.43. The minimum absolute atomic E-state index is 0.0373. The molecular weight excluding hydrogens is 331 g/mol. The Labute approximate surface area is 130 Å². The summed E-state index contributed by atoms with van der Waals surface area (Å²) in [6, 6.07) is 1.40. The van der Waals surface area contributed by atoms with Crippen LogP contribution in [-0.2, 0) is 0 Å². The summed E-state index contributed by atoms with van der Waals surface area (Å²) >= 11 is 11.6. The van der Waals surface area contributed by atoms with Gasteiger partial charge in [-0.1, -0.05) is 23.2 Å². The minimum atomic E-state index is -4.42. The second kappa shape index (κ2) is 6.69. The van der Waals surface area contributed by atoms with Gasteiger partial charge in [0.05, 0.1) is 11.4 Å². The van der Waals surface area contributed by atoms with Crippen LogP contribution in [0.25, 0.3) is 0 Å². The van der Waals surface area contributed by atoms with Gasteiger partial charge in [-0.25, -0.2) is 4.39 Å². The summed E-state index contributed by atoms with van der Waals surface area (Å²) in [6.07, 6.45) is -5.59. The van der Waals surface area contributed by atoms with Crippen LogP contribution < -0.4 is 5.32 Å². The Bertz CT molecular complexity index is 502. The first kappa shape index (κ1) is 16.8. The van der Waals surface area contributed by atoms with Crippen molar-refractivity contribution < 1.29 is 17.6 Å². The van der Waals surface area contributed by atoms with Crippen molar-refractivity contribution in [3.63, 3.8) is 0 Å². The van der Waals surface area contributed by atoms with E-state index in [0.717, 1.165) is 0 Å². The molecule has 2 nitrogen and oxygen atoms in total. The van der Waals surface area contributed by atoms with Gasteiger partial charge in [0.2, 0.25) is 0 Å². The number of nitrogens with zero attached hydrogens (tertiary/aromatic N) is 1. The highest BCUT2D eigenvalue weighted by Gasteiger charge is 2.38. The van der Waals surface area contributed by atoms with E-state index in [-0.39, 0.29) is 15.6 Å². The van der Waals surface area contributed by atoms with Crippen molar-refractivity contribution in [2.24, 2.45) is 0 Å². The maximum atomic E-state index is 14.2. The second-order valence-electron chi connectivity index (χ2n) is 4.88. The Morgan fingerprint density at radius 1 is 1.14 bits per heavy atom. The molecule has 0 amide bonds. The Hall–Kier alpha value is -0.560. The first-order valence-electron chi connectivity index (χ1n) is 6.44. The zero-order chi connectivity index (χ0) is 15.6. The van der Waals surface area contributed by atoms with E-state index in [1.807, 2.05) is 0 Å². The molecule has 1 saturated heterocycles. The maximum absolute atomic E-state index is 14.2. The molecular formula is C13H14Cl2F4N2. The van der Waals surface area contributed by atoms with Gasteiger partial charge in [0.1, 0.15) is 5.82 Å². The third kappa shape index (κ3) is 4.22. The number of hydrogen-bond donors (Lipinski definition) is 1. The Balaban J connectivity index is 2.41.